The molecular formula is C36H40O7. The van der Waals surface area contributed by atoms with Gasteiger partial charge in [0.15, 0.2) is 0 Å². The van der Waals surface area contributed by atoms with Gasteiger partial charge in [-0.25, -0.2) is 14.4 Å². The van der Waals surface area contributed by atoms with Crippen LogP contribution < -0.4 is 10.4 Å². The number of esters is 2. The SMILES string of the molecule is C=C(C)C(=C)OCCCCc1cc(CCCCOC(=O)C(=C)C)c2oc(=O)c(-c3ccc(OC(=O)C(=C)C)cc3)cc2c1. The van der Waals surface area contributed by atoms with Crippen molar-refractivity contribution in [2.45, 2.75) is 59.3 Å². The van der Waals surface area contributed by atoms with Crippen LogP contribution in [0.3, 0.4) is 0 Å². The number of fused-ring (bicyclic) bond motifs is 1. The second kappa shape index (κ2) is 15.5. The molecule has 0 unspecified atom stereocenters. The fourth-order valence-corrected chi connectivity index (χ4v) is 4.26. The van der Waals surface area contributed by atoms with Gasteiger partial charge in [-0.05, 0) is 106 Å². The first-order chi connectivity index (χ1) is 20.5. The fourth-order valence-electron chi connectivity index (χ4n) is 4.26. The minimum absolute atomic E-state index is 0.295. The summed E-state index contributed by atoms with van der Waals surface area (Å²) in [6, 6.07) is 12.7. The fraction of sp³-hybridized carbons (Fsp3) is 0.306. The lowest BCUT2D eigenvalue weighted by molar-refractivity contribution is -0.139. The highest BCUT2D eigenvalue weighted by molar-refractivity contribution is 5.89. The summed E-state index contributed by atoms with van der Waals surface area (Å²) in [4.78, 5) is 36.6. The number of rotatable bonds is 16. The Morgan fingerprint density at radius 3 is 2.00 bits per heavy atom. The van der Waals surface area contributed by atoms with Crippen LogP contribution in [0.15, 0.2) is 100 Å². The second-order valence-corrected chi connectivity index (χ2v) is 10.7. The van der Waals surface area contributed by atoms with Crippen molar-refractivity contribution in [1.82, 2.24) is 0 Å². The van der Waals surface area contributed by atoms with E-state index in [4.69, 9.17) is 18.6 Å². The molecule has 0 saturated heterocycles. The van der Waals surface area contributed by atoms with Crippen LogP contribution in [0, 0.1) is 0 Å². The summed E-state index contributed by atoms with van der Waals surface area (Å²) in [6.07, 6.45) is 4.64. The lowest BCUT2D eigenvalue weighted by Crippen LogP contribution is -2.08. The number of allylic oxidation sites excluding steroid dienone is 1. The highest BCUT2D eigenvalue weighted by atomic mass is 16.5. The quantitative estimate of drug-likeness (QED) is 0.0322. The van der Waals surface area contributed by atoms with Crippen molar-refractivity contribution >= 4 is 22.9 Å². The van der Waals surface area contributed by atoms with E-state index in [1.165, 1.54) is 0 Å². The number of hydrogen-bond acceptors (Lipinski definition) is 7. The van der Waals surface area contributed by atoms with Crippen molar-refractivity contribution in [2.75, 3.05) is 13.2 Å². The lowest BCUT2D eigenvalue weighted by atomic mass is 9.97. The third kappa shape index (κ3) is 9.70. The van der Waals surface area contributed by atoms with Gasteiger partial charge >= 0.3 is 17.6 Å². The minimum Gasteiger partial charge on any atom is -0.494 e. The summed E-state index contributed by atoms with van der Waals surface area (Å²) in [5.41, 5.74) is 4.67. The molecule has 0 amide bonds. The van der Waals surface area contributed by atoms with Crippen molar-refractivity contribution < 1.29 is 28.2 Å². The van der Waals surface area contributed by atoms with Gasteiger partial charge in [-0.1, -0.05) is 44.5 Å². The minimum atomic E-state index is -0.515. The van der Waals surface area contributed by atoms with Crippen LogP contribution in [-0.4, -0.2) is 25.2 Å². The molecule has 0 bridgehead atoms. The molecule has 3 aromatic rings. The molecule has 43 heavy (non-hydrogen) atoms. The van der Waals surface area contributed by atoms with Gasteiger partial charge in [0, 0.05) is 16.5 Å². The van der Waals surface area contributed by atoms with Crippen molar-refractivity contribution in [2.24, 2.45) is 0 Å². The molecule has 7 nitrogen and oxygen atoms in total. The zero-order chi connectivity index (χ0) is 31.5. The number of aryl methyl sites for hydroxylation is 2. The average Bonchev–Trinajstić information content (AvgIpc) is 2.96. The lowest BCUT2D eigenvalue weighted by Gasteiger charge is -2.12. The van der Waals surface area contributed by atoms with Crippen LogP contribution in [0.5, 0.6) is 5.75 Å². The van der Waals surface area contributed by atoms with Crippen molar-refractivity contribution in [3.05, 3.63) is 113 Å². The average molecular weight is 585 g/mol. The summed E-state index contributed by atoms with van der Waals surface area (Å²) in [5, 5.41) is 0.820. The van der Waals surface area contributed by atoms with Gasteiger partial charge in [-0.2, -0.15) is 0 Å². The molecule has 226 valence electrons. The number of benzene rings is 2. The number of unbranched alkanes of at least 4 members (excludes halogenated alkanes) is 2. The Morgan fingerprint density at radius 1 is 0.744 bits per heavy atom. The first-order valence-electron chi connectivity index (χ1n) is 14.3. The molecule has 1 heterocycles. The van der Waals surface area contributed by atoms with E-state index in [1.54, 1.807) is 38.1 Å². The Labute approximate surface area is 253 Å². The summed E-state index contributed by atoms with van der Waals surface area (Å²) in [6.45, 7) is 20.8. The molecule has 0 radical (unpaired) electrons. The van der Waals surface area contributed by atoms with Crippen LogP contribution in [-0.2, 0) is 31.9 Å². The van der Waals surface area contributed by atoms with Crippen molar-refractivity contribution in [3.8, 4) is 16.9 Å². The molecule has 0 atom stereocenters. The number of carbonyl (C=O) groups is 2. The molecule has 0 aliphatic heterocycles. The Balaban J connectivity index is 1.83. The molecule has 0 N–H and O–H groups in total. The van der Waals surface area contributed by atoms with E-state index in [1.807, 2.05) is 13.0 Å². The van der Waals surface area contributed by atoms with Crippen LogP contribution in [0.4, 0.5) is 0 Å². The van der Waals surface area contributed by atoms with Gasteiger partial charge in [0.1, 0.15) is 17.1 Å². The summed E-state index contributed by atoms with van der Waals surface area (Å²) in [7, 11) is 0. The largest absolute Gasteiger partial charge is 0.494 e. The van der Waals surface area contributed by atoms with E-state index in [-0.39, 0.29) is 0 Å². The number of hydrogen-bond donors (Lipinski definition) is 0. The smallest absolute Gasteiger partial charge is 0.344 e. The topological polar surface area (TPSA) is 92.0 Å². The zero-order valence-electron chi connectivity index (χ0n) is 25.4. The van der Waals surface area contributed by atoms with Crippen molar-refractivity contribution in [1.29, 1.82) is 0 Å². The maximum Gasteiger partial charge on any atom is 0.344 e. The van der Waals surface area contributed by atoms with E-state index < -0.39 is 17.6 Å². The van der Waals surface area contributed by atoms with Crippen molar-refractivity contribution in [3.63, 3.8) is 0 Å². The normalized spacial score (nSPS) is 10.7. The van der Waals surface area contributed by atoms with Crippen LogP contribution >= 0.6 is 0 Å². The van der Waals surface area contributed by atoms with Crippen LogP contribution in [0.1, 0.15) is 57.6 Å². The predicted molar refractivity (Wildman–Crippen MR) is 170 cm³/mol. The third-order valence-corrected chi connectivity index (χ3v) is 6.73. The Bertz CT molecular complexity index is 1590. The first-order valence-corrected chi connectivity index (χ1v) is 14.3. The molecule has 3 rings (SSSR count). The molecule has 2 aromatic carbocycles. The predicted octanol–water partition coefficient (Wildman–Crippen LogP) is 7.81. The van der Waals surface area contributed by atoms with Gasteiger partial charge in [-0.3, -0.25) is 0 Å². The van der Waals surface area contributed by atoms with Gasteiger partial charge in [0.05, 0.1) is 18.8 Å². The summed E-state index contributed by atoms with van der Waals surface area (Å²) < 4.78 is 22.0. The highest BCUT2D eigenvalue weighted by Gasteiger charge is 2.14. The van der Waals surface area contributed by atoms with Gasteiger partial charge in [0.2, 0.25) is 0 Å². The molecule has 1 aromatic heterocycles. The maximum atomic E-state index is 13.1. The van der Waals surface area contributed by atoms with Gasteiger partial charge in [-0.15, -0.1) is 0 Å². The molecule has 0 aliphatic carbocycles. The number of ether oxygens (including phenoxy) is 3. The molecule has 0 aliphatic rings. The highest BCUT2D eigenvalue weighted by Crippen LogP contribution is 2.28. The Kier molecular flexibility index (Phi) is 11.9. The first kappa shape index (κ1) is 32.9. The molecular weight excluding hydrogens is 544 g/mol. The van der Waals surface area contributed by atoms with E-state index in [9.17, 15) is 14.4 Å². The molecule has 0 fully saturated rings. The van der Waals surface area contributed by atoms with E-state index in [0.29, 0.717) is 65.4 Å². The van der Waals surface area contributed by atoms with Crippen LogP contribution in [0.2, 0.25) is 0 Å². The summed E-state index contributed by atoms with van der Waals surface area (Å²) >= 11 is 0. The van der Waals surface area contributed by atoms with Crippen LogP contribution in [0.25, 0.3) is 22.1 Å². The monoisotopic (exact) mass is 584 g/mol. The van der Waals surface area contributed by atoms with E-state index in [0.717, 1.165) is 47.8 Å². The molecule has 0 saturated carbocycles. The number of carbonyl (C=O) groups excluding carboxylic acids is 2. The van der Waals surface area contributed by atoms with E-state index in [2.05, 4.69) is 38.4 Å². The maximum absolute atomic E-state index is 13.1. The molecule has 0 spiro atoms. The summed E-state index contributed by atoms with van der Waals surface area (Å²) in [5.74, 6) is 0.0471. The van der Waals surface area contributed by atoms with E-state index >= 15 is 0 Å². The zero-order valence-corrected chi connectivity index (χ0v) is 25.4. The Morgan fingerprint density at radius 2 is 1.37 bits per heavy atom. The molecule has 7 heteroatoms. The third-order valence-electron chi connectivity index (χ3n) is 6.73. The standard InChI is InChI=1S/C36H40O7/c1-23(2)26(7)40-18-10-8-12-27-20-29(13-9-11-19-41-34(37)24(3)4)33-30(21-27)22-32(36(39)43-33)28-14-16-31(17-15-28)42-35(38)25(5)6/h14-17,20-22H,1,3,5,7-13,18-19H2,2,4,6H3. The van der Waals surface area contributed by atoms with Gasteiger partial charge in [0.25, 0.3) is 0 Å². The second-order valence-electron chi connectivity index (χ2n) is 10.7. The van der Waals surface area contributed by atoms with Gasteiger partial charge < -0.3 is 18.6 Å². The Hall–Kier alpha value is -4.65.